The molecule has 3 nitrogen and oxygen atoms in total. The second kappa shape index (κ2) is 5.85. The van der Waals surface area contributed by atoms with Gasteiger partial charge in [0.2, 0.25) is 6.10 Å². The summed E-state index contributed by atoms with van der Waals surface area (Å²) in [4.78, 5) is 10.6. The Morgan fingerprint density at radius 1 is 1.43 bits per heavy atom. The zero-order valence-electron chi connectivity index (χ0n) is 7.80. The lowest BCUT2D eigenvalue weighted by molar-refractivity contribution is -0.218. The number of aliphatic hydroxyl groups excluding tert-OH is 1. The minimum atomic E-state index is -4.94. The Balaban J connectivity index is 3.74. The summed E-state index contributed by atoms with van der Waals surface area (Å²) in [6, 6.07) is 0. The minimum absolute atomic E-state index is 0.0835. The lowest BCUT2D eigenvalue weighted by Crippen LogP contribution is -2.37. The fraction of sp³-hybridized carbons (Fsp3) is 0.875. The molecule has 0 aromatic carbocycles. The third-order valence-corrected chi connectivity index (χ3v) is 1.53. The SMILES string of the molecule is CCCCCOC(=O)C(O)C(F)(F)F. The van der Waals surface area contributed by atoms with Crippen LogP contribution in [0.25, 0.3) is 0 Å². The molecule has 0 amide bonds. The predicted molar refractivity (Wildman–Crippen MR) is 42.5 cm³/mol. The zero-order chi connectivity index (χ0) is 11.2. The first kappa shape index (κ1) is 13.2. The largest absolute Gasteiger partial charge is 0.464 e. The number of alkyl halides is 3. The van der Waals surface area contributed by atoms with Crippen LogP contribution < -0.4 is 0 Å². The van der Waals surface area contributed by atoms with Crippen molar-refractivity contribution in [3.05, 3.63) is 0 Å². The third kappa shape index (κ3) is 5.06. The number of rotatable bonds is 5. The first-order valence-electron chi connectivity index (χ1n) is 4.31. The maximum atomic E-state index is 11.7. The molecule has 1 N–H and O–H groups in total. The van der Waals surface area contributed by atoms with Crippen LogP contribution >= 0.6 is 0 Å². The van der Waals surface area contributed by atoms with Gasteiger partial charge in [-0.15, -0.1) is 0 Å². The lowest BCUT2D eigenvalue weighted by Gasteiger charge is -2.13. The molecule has 1 unspecified atom stereocenters. The maximum Gasteiger partial charge on any atom is 0.425 e. The molecule has 84 valence electrons. The number of carbonyl (C=O) groups excluding carboxylic acids is 1. The molecule has 0 aliphatic carbocycles. The van der Waals surface area contributed by atoms with E-state index in [4.69, 9.17) is 5.11 Å². The fourth-order valence-electron chi connectivity index (χ4n) is 0.737. The van der Waals surface area contributed by atoms with Crippen molar-refractivity contribution < 1.29 is 27.8 Å². The average molecular weight is 214 g/mol. The van der Waals surface area contributed by atoms with Gasteiger partial charge >= 0.3 is 12.1 Å². The van der Waals surface area contributed by atoms with Gasteiger partial charge < -0.3 is 9.84 Å². The molecule has 0 aliphatic heterocycles. The van der Waals surface area contributed by atoms with Crippen LogP contribution in [0.1, 0.15) is 26.2 Å². The molecule has 0 spiro atoms. The Bertz CT molecular complexity index is 179. The molecular formula is C8H13F3O3. The van der Waals surface area contributed by atoms with Crippen molar-refractivity contribution >= 4 is 5.97 Å². The first-order chi connectivity index (χ1) is 6.39. The third-order valence-electron chi connectivity index (χ3n) is 1.53. The normalized spacial score (nSPS) is 13.8. The Labute approximate surface area is 79.9 Å². The molecule has 0 saturated heterocycles. The smallest absolute Gasteiger partial charge is 0.425 e. The molecule has 6 heteroatoms. The van der Waals surface area contributed by atoms with Crippen LogP contribution in [0, 0.1) is 0 Å². The standard InChI is InChI=1S/C8H13F3O3/c1-2-3-4-5-14-7(13)6(12)8(9,10)11/h6,12H,2-5H2,1H3. The van der Waals surface area contributed by atoms with Gasteiger partial charge in [0.25, 0.3) is 0 Å². The second-order valence-electron chi connectivity index (χ2n) is 2.82. The van der Waals surface area contributed by atoms with Crippen LogP contribution in [0.3, 0.4) is 0 Å². The predicted octanol–water partition coefficient (Wildman–Crippen LogP) is 1.64. The highest BCUT2D eigenvalue weighted by molar-refractivity contribution is 5.75. The molecule has 14 heavy (non-hydrogen) atoms. The van der Waals surface area contributed by atoms with Gasteiger partial charge in [-0.2, -0.15) is 13.2 Å². The summed E-state index contributed by atoms with van der Waals surface area (Å²) in [5.74, 6) is -1.63. The van der Waals surface area contributed by atoms with Gasteiger partial charge in [0, 0.05) is 0 Å². The number of ether oxygens (including phenoxy) is 1. The van der Waals surface area contributed by atoms with Gasteiger partial charge in [-0.25, -0.2) is 4.79 Å². The van der Waals surface area contributed by atoms with Gasteiger partial charge in [-0.3, -0.25) is 0 Å². The number of unbranched alkanes of at least 4 members (excludes halogenated alkanes) is 2. The van der Waals surface area contributed by atoms with Crippen LogP contribution in [0.15, 0.2) is 0 Å². The number of hydrogen-bond acceptors (Lipinski definition) is 3. The Hall–Kier alpha value is -0.780. The topological polar surface area (TPSA) is 46.5 Å². The summed E-state index contributed by atoms with van der Waals surface area (Å²) in [5.41, 5.74) is 0. The Kier molecular flexibility index (Phi) is 5.52. The van der Waals surface area contributed by atoms with Gasteiger partial charge in [0.15, 0.2) is 0 Å². The Morgan fingerprint density at radius 3 is 2.43 bits per heavy atom. The van der Waals surface area contributed by atoms with E-state index in [1.54, 1.807) is 0 Å². The van der Waals surface area contributed by atoms with E-state index in [2.05, 4.69) is 4.74 Å². The summed E-state index contributed by atoms with van der Waals surface area (Å²) in [6.07, 6.45) is -5.81. The molecular weight excluding hydrogens is 201 g/mol. The van der Waals surface area contributed by atoms with Gasteiger partial charge in [0.1, 0.15) is 0 Å². The summed E-state index contributed by atoms with van der Waals surface area (Å²) >= 11 is 0. The van der Waals surface area contributed by atoms with E-state index in [9.17, 15) is 18.0 Å². The summed E-state index contributed by atoms with van der Waals surface area (Å²) in [7, 11) is 0. The molecule has 0 bridgehead atoms. The highest BCUT2D eigenvalue weighted by atomic mass is 19.4. The molecule has 1 atom stereocenters. The molecule has 0 rings (SSSR count). The molecule has 0 radical (unpaired) electrons. The van der Waals surface area contributed by atoms with Crippen molar-refractivity contribution in [1.29, 1.82) is 0 Å². The lowest BCUT2D eigenvalue weighted by atomic mass is 10.3. The van der Waals surface area contributed by atoms with Gasteiger partial charge in [-0.1, -0.05) is 19.8 Å². The van der Waals surface area contributed by atoms with Crippen LogP contribution in [-0.2, 0) is 9.53 Å². The molecule has 0 heterocycles. The summed E-state index contributed by atoms with van der Waals surface area (Å²) in [6.45, 7) is 1.83. The highest BCUT2D eigenvalue weighted by Gasteiger charge is 2.44. The van der Waals surface area contributed by atoms with E-state index in [0.29, 0.717) is 6.42 Å². The number of aliphatic hydroxyl groups is 1. The minimum Gasteiger partial charge on any atom is -0.464 e. The summed E-state index contributed by atoms with van der Waals surface area (Å²) in [5, 5.41) is 8.41. The van der Waals surface area contributed by atoms with E-state index >= 15 is 0 Å². The van der Waals surface area contributed by atoms with E-state index in [0.717, 1.165) is 12.8 Å². The van der Waals surface area contributed by atoms with Gasteiger partial charge in [-0.05, 0) is 6.42 Å². The van der Waals surface area contributed by atoms with Crippen LogP contribution in [0.5, 0.6) is 0 Å². The van der Waals surface area contributed by atoms with E-state index in [-0.39, 0.29) is 6.61 Å². The van der Waals surface area contributed by atoms with Crippen molar-refractivity contribution in [2.24, 2.45) is 0 Å². The van der Waals surface area contributed by atoms with E-state index in [1.165, 1.54) is 0 Å². The maximum absolute atomic E-state index is 11.7. The number of hydrogen-bond donors (Lipinski definition) is 1. The van der Waals surface area contributed by atoms with E-state index < -0.39 is 18.2 Å². The molecule has 0 saturated carbocycles. The zero-order valence-corrected chi connectivity index (χ0v) is 7.80. The highest BCUT2D eigenvalue weighted by Crippen LogP contribution is 2.20. The number of esters is 1. The van der Waals surface area contributed by atoms with Crippen molar-refractivity contribution in [2.45, 2.75) is 38.5 Å². The Morgan fingerprint density at radius 2 is 2.00 bits per heavy atom. The van der Waals surface area contributed by atoms with E-state index in [1.807, 2.05) is 6.92 Å². The van der Waals surface area contributed by atoms with Crippen LogP contribution in [0.2, 0.25) is 0 Å². The quantitative estimate of drug-likeness (QED) is 0.559. The summed E-state index contributed by atoms with van der Waals surface area (Å²) < 4.78 is 39.4. The van der Waals surface area contributed by atoms with Crippen LogP contribution in [-0.4, -0.2) is 30.0 Å². The average Bonchev–Trinajstić information content (AvgIpc) is 2.09. The molecule has 0 aliphatic rings. The van der Waals surface area contributed by atoms with Crippen molar-refractivity contribution in [1.82, 2.24) is 0 Å². The number of halogens is 3. The van der Waals surface area contributed by atoms with Crippen molar-refractivity contribution in [3.63, 3.8) is 0 Å². The molecule has 0 aromatic rings. The second-order valence-corrected chi connectivity index (χ2v) is 2.82. The van der Waals surface area contributed by atoms with Crippen molar-refractivity contribution in [2.75, 3.05) is 6.61 Å². The first-order valence-corrected chi connectivity index (χ1v) is 4.31. The molecule has 0 aromatic heterocycles. The fourth-order valence-corrected chi connectivity index (χ4v) is 0.737. The van der Waals surface area contributed by atoms with Gasteiger partial charge in [0.05, 0.1) is 6.61 Å². The molecule has 0 fully saturated rings. The monoisotopic (exact) mass is 214 g/mol. The number of carbonyl (C=O) groups is 1. The van der Waals surface area contributed by atoms with Crippen molar-refractivity contribution in [3.8, 4) is 0 Å². The van der Waals surface area contributed by atoms with Crippen LogP contribution in [0.4, 0.5) is 13.2 Å².